The smallest absolute Gasteiger partial charge is 0.416 e. The molecule has 1 fully saturated rings. The Labute approximate surface area is 243 Å². The third-order valence-corrected chi connectivity index (χ3v) is 7.49. The third kappa shape index (κ3) is 7.46. The molecular formula is C31H36F3N5O3. The molecule has 3 aromatic rings. The molecule has 5 rings (SSSR count). The predicted octanol–water partition coefficient (Wildman–Crippen LogP) is 5.04. The Balaban J connectivity index is 0.00000405. The molecule has 2 amide bonds. The van der Waals surface area contributed by atoms with Gasteiger partial charge in [-0.25, -0.2) is 0 Å². The number of benzene rings is 2. The van der Waals surface area contributed by atoms with Gasteiger partial charge in [0, 0.05) is 63.6 Å². The van der Waals surface area contributed by atoms with Crippen LogP contribution in [0.2, 0.25) is 0 Å². The van der Waals surface area contributed by atoms with Gasteiger partial charge in [-0.2, -0.15) is 13.2 Å². The van der Waals surface area contributed by atoms with Crippen LogP contribution in [0.3, 0.4) is 0 Å². The molecule has 11 heteroatoms. The number of pyridine rings is 1. The number of halogens is 3. The van der Waals surface area contributed by atoms with Gasteiger partial charge in [-0.1, -0.05) is 19.6 Å². The first-order valence-electron chi connectivity index (χ1n) is 13.6. The van der Waals surface area contributed by atoms with E-state index in [1.807, 2.05) is 23.1 Å². The predicted molar refractivity (Wildman–Crippen MR) is 155 cm³/mol. The molecule has 1 aromatic heterocycles. The van der Waals surface area contributed by atoms with Crippen molar-refractivity contribution in [1.29, 1.82) is 0 Å². The number of aromatic nitrogens is 1. The van der Waals surface area contributed by atoms with Crippen LogP contribution in [-0.2, 0) is 30.4 Å². The van der Waals surface area contributed by atoms with Gasteiger partial charge < -0.3 is 20.7 Å². The van der Waals surface area contributed by atoms with E-state index in [0.717, 1.165) is 30.3 Å². The molecule has 0 saturated carbocycles. The van der Waals surface area contributed by atoms with Gasteiger partial charge in [0.05, 0.1) is 5.56 Å². The molecule has 0 spiro atoms. The van der Waals surface area contributed by atoms with E-state index in [2.05, 4.69) is 20.9 Å². The topological polar surface area (TPSA) is 95.6 Å². The van der Waals surface area contributed by atoms with E-state index >= 15 is 0 Å². The minimum Gasteiger partial charge on any atom is -0.457 e. The normalized spacial score (nSPS) is 17.0. The molecular weight excluding hydrogens is 547 g/mol. The first-order chi connectivity index (χ1) is 19.7. The maximum absolute atomic E-state index is 13.9. The van der Waals surface area contributed by atoms with Crippen LogP contribution in [0.4, 0.5) is 18.9 Å². The lowest BCUT2D eigenvalue weighted by Crippen LogP contribution is -2.43. The number of hydrogen-bond acceptors (Lipinski definition) is 6. The second-order valence-corrected chi connectivity index (χ2v) is 10.3. The number of piperazine rings is 1. The van der Waals surface area contributed by atoms with E-state index in [1.54, 1.807) is 18.2 Å². The van der Waals surface area contributed by atoms with E-state index < -0.39 is 17.7 Å². The van der Waals surface area contributed by atoms with Gasteiger partial charge in [-0.15, -0.1) is 0 Å². The standard InChI is InChI=1S/C30H32F3N5O3.CH4/c1-34-29(40)27-17-25(8-9-36-27)41-24-7-5-19-2-3-20(14-22(19)15-24)28(39)37-23-6-4-21(26(16-23)30(31,32)33)18-38-12-10-35-11-13-38;/h4-9,15-17,20,35H,2-3,10-14,18H2,1H3,(H,34,40)(H,37,39);1H4. The molecule has 3 N–H and O–H groups in total. The van der Waals surface area contributed by atoms with Crippen LogP contribution in [0, 0.1) is 5.92 Å². The monoisotopic (exact) mass is 583 g/mol. The van der Waals surface area contributed by atoms with Crippen LogP contribution >= 0.6 is 0 Å². The number of nitrogens with zero attached hydrogens (tertiary/aromatic N) is 2. The Bertz CT molecular complexity index is 1420. The van der Waals surface area contributed by atoms with Crippen molar-refractivity contribution in [2.24, 2.45) is 5.92 Å². The highest BCUT2D eigenvalue weighted by Crippen LogP contribution is 2.35. The molecule has 1 saturated heterocycles. The highest BCUT2D eigenvalue weighted by Gasteiger charge is 2.34. The zero-order chi connectivity index (χ0) is 29.0. The Hall–Kier alpha value is -3.96. The summed E-state index contributed by atoms with van der Waals surface area (Å²) in [7, 11) is 1.52. The maximum Gasteiger partial charge on any atom is 0.416 e. The molecule has 2 aromatic carbocycles. The summed E-state index contributed by atoms with van der Waals surface area (Å²) in [5.74, 6) is -0.0349. The summed E-state index contributed by atoms with van der Waals surface area (Å²) < 4.78 is 47.8. The molecule has 8 nitrogen and oxygen atoms in total. The van der Waals surface area contributed by atoms with Crippen LogP contribution in [0.1, 0.15) is 46.6 Å². The molecule has 2 aliphatic rings. The number of fused-ring (bicyclic) bond motifs is 1. The lowest BCUT2D eigenvalue weighted by atomic mass is 9.83. The number of rotatable bonds is 7. The number of anilines is 1. The zero-order valence-electron chi connectivity index (χ0n) is 22.7. The van der Waals surface area contributed by atoms with Gasteiger partial charge in [0.15, 0.2) is 0 Å². The Kier molecular flexibility index (Phi) is 9.85. The summed E-state index contributed by atoms with van der Waals surface area (Å²) in [6.07, 6.45) is -1.35. The van der Waals surface area contributed by atoms with Crippen LogP contribution in [0.15, 0.2) is 54.7 Å². The first-order valence-corrected chi connectivity index (χ1v) is 13.6. The van der Waals surface area contributed by atoms with Gasteiger partial charge in [0.2, 0.25) is 5.91 Å². The van der Waals surface area contributed by atoms with Gasteiger partial charge in [-0.3, -0.25) is 19.5 Å². The maximum atomic E-state index is 13.9. The van der Waals surface area contributed by atoms with E-state index in [-0.39, 0.29) is 42.7 Å². The van der Waals surface area contributed by atoms with Crippen molar-refractivity contribution < 1.29 is 27.5 Å². The van der Waals surface area contributed by atoms with Crippen molar-refractivity contribution in [1.82, 2.24) is 20.5 Å². The molecule has 1 unspecified atom stereocenters. The summed E-state index contributed by atoms with van der Waals surface area (Å²) in [6, 6.07) is 12.9. The SMILES string of the molecule is C.CNC(=O)c1cc(Oc2ccc3c(c2)CC(C(=O)Nc2ccc(CN4CCNCC4)c(C(F)(F)F)c2)CC3)ccn1. The van der Waals surface area contributed by atoms with Crippen molar-refractivity contribution >= 4 is 17.5 Å². The summed E-state index contributed by atoms with van der Waals surface area (Å²) in [4.78, 5) is 31.1. The fraction of sp³-hybridized carbons (Fsp3) is 0.387. The first kappa shape index (κ1) is 31.0. The summed E-state index contributed by atoms with van der Waals surface area (Å²) >= 11 is 0. The Morgan fingerprint density at radius 3 is 2.55 bits per heavy atom. The van der Waals surface area contributed by atoms with Crippen molar-refractivity contribution in [2.45, 2.75) is 39.4 Å². The molecule has 224 valence electrons. The molecule has 1 aliphatic carbocycles. The number of alkyl halides is 3. The second kappa shape index (κ2) is 13.3. The van der Waals surface area contributed by atoms with Crippen LogP contribution in [0.25, 0.3) is 0 Å². The van der Waals surface area contributed by atoms with E-state index in [1.165, 1.54) is 19.3 Å². The molecule has 42 heavy (non-hydrogen) atoms. The van der Waals surface area contributed by atoms with E-state index in [9.17, 15) is 22.8 Å². The number of aryl methyl sites for hydroxylation is 1. The van der Waals surface area contributed by atoms with Crippen LogP contribution in [-0.4, -0.2) is 54.9 Å². The molecule has 1 atom stereocenters. The minimum absolute atomic E-state index is 0. The lowest BCUT2D eigenvalue weighted by molar-refractivity contribution is -0.138. The second-order valence-electron chi connectivity index (χ2n) is 10.3. The van der Waals surface area contributed by atoms with E-state index in [4.69, 9.17) is 4.74 Å². The summed E-state index contributed by atoms with van der Waals surface area (Å²) in [6.45, 7) is 3.07. The van der Waals surface area contributed by atoms with Crippen molar-refractivity contribution in [2.75, 3.05) is 38.5 Å². The van der Waals surface area contributed by atoms with Gasteiger partial charge in [0.1, 0.15) is 17.2 Å². The quantitative estimate of drug-likeness (QED) is 0.361. The number of hydrogen-bond donors (Lipinski definition) is 3. The largest absolute Gasteiger partial charge is 0.457 e. The summed E-state index contributed by atoms with van der Waals surface area (Å²) in [5, 5.41) is 8.45. The highest BCUT2D eigenvalue weighted by atomic mass is 19.4. The highest BCUT2D eigenvalue weighted by molar-refractivity contribution is 5.93. The van der Waals surface area contributed by atoms with E-state index in [0.29, 0.717) is 43.9 Å². The zero-order valence-corrected chi connectivity index (χ0v) is 22.7. The molecule has 2 heterocycles. The van der Waals surface area contributed by atoms with Crippen LogP contribution in [0.5, 0.6) is 11.5 Å². The number of ether oxygens (including phenoxy) is 1. The fourth-order valence-electron chi connectivity index (χ4n) is 5.29. The van der Waals surface area contributed by atoms with Gasteiger partial charge in [-0.05, 0) is 66.3 Å². The lowest BCUT2D eigenvalue weighted by Gasteiger charge is -2.28. The Morgan fingerprint density at radius 1 is 1.05 bits per heavy atom. The summed E-state index contributed by atoms with van der Waals surface area (Å²) in [5.41, 5.74) is 1.88. The van der Waals surface area contributed by atoms with Crippen molar-refractivity contribution in [3.8, 4) is 11.5 Å². The average Bonchev–Trinajstić information content (AvgIpc) is 2.97. The minimum atomic E-state index is -4.53. The Morgan fingerprint density at radius 2 is 1.81 bits per heavy atom. The number of carbonyl (C=O) groups is 2. The number of carbonyl (C=O) groups excluding carboxylic acids is 2. The molecule has 0 bridgehead atoms. The average molecular weight is 584 g/mol. The van der Waals surface area contributed by atoms with Crippen LogP contribution < -0.4 is 20.7 Å². The van der Waals surface area contributed by atoms with Crippen molar-refractivity contribution in [3.63, 3.8) is 0 Å². The fourth-order valence-corrected chi connectivity index (χ4v) is 5.29. The van der Waals surface area contributed by atoms with Crippen molar-refractivity contribution in [3.05, 3.63) is 82.7 Å². The third-order valence-electron chi connectivity index (χ3n) is 7.49. The number of nitrogens with one attached hydrogen (secondary N) is 3. The van der Waals surface area contributed by atoms with Gasteiger partial charge in [0.25, 0.3) is 5.91 Å². The number of amides is 2. The van der Waals surface area contributed by atoms with Gasteiger partial charge >= 0.3 is 6.18 Å². The molecule has 1 aliphatic heterocycles. The molecule has 0 radical (unpaired) electrons.